The lowest BCUT2D eigenvalue weighted by Gasteiger charge is -2.35. The third-order valence-electron chi connectivity index (χ3n) is 5.15. The fourth-order valence-electron chi connectivity index (χ4n) is 3.51. The molecular weight excluding hydrogens is 336 g/mol. The van der Waals surface area contributed by atoms with Crippen LogP contribution in [0.3, 0.4) is 0 Å². The number of nitrogens with zero attached hydrogens (tertiary/aromatic N) is 2. The van der Waals surface area contributed by atoms with E-state index in [1.807, 2.05) is 23.1 Å². The van der Waals surface area contributed by atoms with Crippen LogP contribution in [0.25, 0.3) is 0 Å². The minimum atomic E-state index is 0.154. The summed E-state index contributed by atoms with van der Waals surface area (Å²) in [5.74, 6) is 0.184. The van der Waals surface area contributed by atoms with Crippen molar-refractivity contribution in [3.63, 3.8) is 0 Å². The number of carbonyl (C=O) groups is 1. The van der Waals surface area contributed by atoms with E-state index in [1.165, 1.54) is 11.1 Å². The van der Waals surface area contributed by atoms with Crippen LogP contribution in [0.5, 0.6) is 0 Å². The molecule has 3 rings (SSSR count). The number of amides is 1. The monoisotopic (exact) mass is 366 g/mol. The lowest BCUT2D eigenvalue weighted by molar-refractivity contribution is -0.133. The van der Waals surface area contributed by atoms with E-state index in [2.05, 4.69) is 55.1 Å². The minimum absolute atomic E-state index is 0.154. The summed E-state index contributed by atoms with van der Waals surface area (Å²) in [7, 11) is 0. The Labute approximate surface area is 162 Å². The smallest absolute Gasteiger partial charge is 0.227 e. The zero-order valence-corrected chi connectivity index (χ0v) is 16.4. The van der Waals surface area contributed by atoms with E-state index in [0.29, 0.717) is 13.0 Å². The average Bonchev–Trinajstić information content (AvgIpc) is 2.69. The van der Waals surface area contributed by atoms with Gasteiger partial charge < -0.3 is 9.64 Å². The average molecular weight is 367 g/mol. The van der Waals surface area contributed by atoms with Crippen LogP contribution in [0.1, 0.15) is 23.6 Å². The summed E-state index contributed by atoms with van der Waals surface area (Å²) in [6, 6.07) is 18.7. The molecule has 4 heteroatoms. The van der Waals surface area contributed by atoms with E-state index in [1.54, 1.807) is 0 Å². The zero-order chi connectivity index (χ0) is 19.1. The van der Waals surface area contributed by atoms with Crippen molar-refractivity contribution in [3.8, 4) is 0 Å². The number of rotatable bonds is 7. The number of morpholine rings is 1. The van der Waals surface area contributed by atoms with Crippen molar-refractivity contribution >= 4 is 5.91 Å². The van der Waals surface area contributed by atoms with Crippen LogP contribution in [0.2, 0.25) is 0 Å². The summed E-state index contributed by atoms with van der Waals surface area (Å²) < 4.78 is 5.45. The van der Waals surface area contributed by atoms with Crippen LogP contribution in [-0.2, 0) is 22.5 Å². The number of ether oxygens (including phenoxy) is 1. The summed E-state index contributed by atoms with van der Waals surface area (Å²) in [6.45, 7) is 9.20. The summed E-state index contributed by atoms with van der Waals surface area (Å²) in [6.07, 6.45) is 0.445. The van der Waals surface area contributed by atoms with Gasteiger partial charge in [0.05, 0.1) is 19.6 Å². The summed E-state index contributed by atoms with van der Waals surface area (Å²) in [5, 5.41) is 0. The van der Waals surface area contributed by atoms with Gasteiger partial charge in [0.1, 0.15) is 0 Å². The van der Waals surface area contributed by atoms with Gasteiger partial charge in [-0.15, -0.1) is 0 Å². The Balaban J connectivity index is 1.71. The van der Waals surface area contributed by atoms with E-state index >= 15 is 0 Å². The molecule has 1 aliphatic rings. The highest BCUT2D eigenvalue weighted by atomic mass is 16.5. The van der Waals surface area contributed by atoms with E-state index in [0.717, 1.165) is 38.4 Å². The Morgan fingerprint density at radius 3 is 2.37 bits per heavy atom. The third-order valence-corrected chi connectivity index (χ3v) is 5.15. The van der Waals surface area contributed by atoms with Gasteiger partial charge in [-0.2, -0.15) is 0 Å². The molecule has 4 nitrogen and oxygen atoms in total. The van der Waals surface area contributed by atoms with Gasteiger partial charge in [-0.25, -0.2) is 0 Å². The molecule has 1 saturated heterocycles. The quantitative estimate of drug-likeness (QED) is 0.754. The lowest BCUT2D eigenvalue weighted by Crippen LogP contribution is -2.48. The van der Waals surface area contributed by atoms with Gasteiger partial charge in [-0.1, -0.05) is 60.2 Å². The molecule has 0 spiro atoms. The molecule has 0 bridgehead atoms. The number of benzene rings is 2. The van der Waals surface area contributed by atoms with E-state index < -0.39 is 0 Å². The first-order chi connectivity index (χ1) is 13.1. The van der Waals surface area contributed by atoms with Crippen LogP contribution >= 0.6 is 0 Å². The highest BCUT2D eigenvalue weighted by Crippen LogP contribution is 2.14. The van der Waals surface area contributed by atoms with Gasteiger partial charge in [-0.05, 0) is 25.0 Å². The van der Waals surface area contributed by atoms with E-state index in [9.17, 15) is 4.79 Å². The van der Waals surface area contributed by atoms with Crippen LogP contribution in [0, 0.1) is 6.92 Å². The largest absolute Gasteiger partial charge is 0.379 e. The van der Waals surface area contributed by atoms with Crippen molar-refractivity contribution in [1.82, 2.24) is 9.80 Å². The van der Waals surface area contributed by atoms with Crippen molar-refractivity contribution in [3.05, 3.63) is 71.3 Å². The van der Waals surface area contributed by atoms with Crippen LogP contribution in [0.15, 0.2) is 54.6 Å². The second kappa shape index (κ2) is 9.67. The molecule has 0 aliphatic carbocycles. The summed E-state index contributed by atoms with van der Waals surface area (Å²) >= 11 is 0. The maximum absolute atomic E-state index is 13.2. The minimum Gasteiger partial charge on any atom is -0.379 e. The molecule has 27 heavy (non-hydrogen) atoms. The van der Waals surface area contributed by atoms with E-state index in [4.69, 9.17) is 4.74 Å². The number of carbonyl (C=O) groups excluding carboxylic acids is 1. The molecule has 0 aromatic heterocycles. The Kier molecular flexibility index (Phi) is 7.02. The topological polar surface area (TPSA) is 32.8 Å². The van der Waals surface area contributed by atoms with Crippen molar-refractivity contribution in [2.75, 3.05) is 32.8 Å². The SMILES string of the molecule is Cc1ccc(CC(=O)N(Cc2ccccc2)C(C)CN2CCOCC2)cc1. The standard InChI is InChI=1S/C23H30N2O2/c1-19-8-10-21(11-9-19)16-23(26)25(18-22-6-4-3-5-7-22)20(2)17-24-12-14-27-15-13-24/h3-11,20H,12-18H2,1-2H3. The fraction of sp³-hybridized carbons (Fsp3) is 0.435. The second-order valence-electron chi connectivity index (χ2n) is 7.43. The number of aryl methyl sites for hydroxylation is 1. The first-order valence-electron chi connectivity index (χ1n) is 9.81. The Morgan fingerprint density at radius 2 is 1.70 bits per heavy atom. The van der Waals surface area contributed by atoms with Gasteiger partial charge >= 0.3 is 0 Å². The van der Waals surface area contributed by atoms with Gasteiger partial charge in [0.2, 0.25) is 5.91 Å². The molecular formula is C23H30N2O2. The summed E-state index contributed by atoms with van der Waals surface area (Å²) in [4.78, 5) is 17.6. The molecule has 144 valence electrons. The van der Waals surface area contributed by atoms with Gasteiger partial charge in [0.15, 0.2) is 0 Å². The zero-order valence-electron chi connectivity index (χ0n) is 16.4. The van der Waals surface area contributed by atoms with Crippen LogP contribution in [-0.4, -0.2) is 54.6 Å². The normalized spacial score (nSPS) is 16.1. The van der Waals surface area contributed by atoms with Gasteiger partial charge in [0.25, 0.3) is 0 Å². The van der Waals surface area contributed by atoms with Gasteiger partial charge in [-0.3, -0.25) is 9.69 Å². The number of hydrogen-bond acceptors (Lipinski definition) is 3. The van der Waals surface area contributed by atoms with Crippen LogP contribution < -0.4 is 0 Å². The highest BCUT2D eigenvalue weighted by molar-refractivity contribution is 5.79. The molecule has 1 atom stereocenters. The fourth-order valence-corrected chi connectivity index (χ4v) is 3.51. The lowest BCUT2D eigenvalue weighted by atomic mass is 10.1. The van der Waals surface area contributed by atoms with Crippen molar-refractivity contribution in [2.45, 2.75) is 32.9 Å². The molecule has 2 aromatic rings. The van der Waals surface area contributed by atoms with Crippen molar-refractivity contribution in [2.24, 2.45) is 0 Å². The predicted octanol–water partition coefficient (Wildman–Crippen LogP) is 3.29. The third kappa shape index (κ3) is 5.91. The Hall–Kier alpha value is -2.17. The molecule has 1 heterocycles. The highest BCUT2D eigenvalue weighted by Gasteiger charge is 2.23. The van der Waals surface area contributed by atoms with Crippen molar-refractivity contribution < 1.29 is 9.53 Å². The molecule has 1 fully saturated rings. The van der Waals surface area contributed by atoms with Crippen molar-refractivity contribution in [1.29, 1.82) is 0 Å². The molecule has 1 unspecified atom stereocenters. The van der Waals surface area contributed by atoms with Crippen LogP contribution in [0.4, 0.5) is 0 Å². The molecule has 2 aromatic carbocycles. The van der Waals surface area contributed by atoms with Gasteiger partial charge in [0, 0.05) is 32.2 Å². The van der Waals surface area contributed by atoms with E-state index in [-0.39, 0.29) is 11.9 Å². The molecule has 0 saturated carbocycles. The maximum Gasteiger partial charge on any atom is 0.227 e. The molecule has 1 aliphatic heterocycles. The number of hydrogen-bond donors (Lipinski definition) is 0. The first-order valence-corrected chi connectivity index (χ1v) is 9.81. The Morgan fingerprint density at radius 1 is 1.04 bits per heavy atom. The predicted molar refractivity (Wildman–Crippen MR) is 109 cm³/mol. The summed E-state index contributed by atoms with van der Waals surface area (Å²) in [5.41, 5.74) is 3.46. The molecule has 1 amide bonds. The first kappa shape index (κ1) is 19.6. The second-order valence-corrected chi connectivity index (χ2v) is 7.43. The molecule has 0 N–H and O–H groups in total. The Bertz CT molecular complexity index is 709. The maximum atomic E-state index is 13.2. The molecule has 0 radical (unpaired) electrons.